The first-order valence-corrected chi connectivity index (χ1v) is 10.6. The molecule has 0 aliphatic heterocycles. The van der Waals surface area contributed by atoms with Crippen molar-refractivity contribution in [1.29, 1.82) is 0 Å². The van der Waals surface area contributed by atoms with E-state index in [1.807, 2.05) is 18.2 Å². The summed E-state index contributed by atoms with van der Waals surface area (Å²) in [5.74, 6) is 1.33. The van der Waals surface area contributed by atoms with Crippen LogP contribution in [0.25, 0.3) is 16.2 Å². The molecule has 1 aliphatic carbocycles. The van der Waals surface area contributed by atoms with Crippen molar-refractivity contribution in [1.82, 2.24) is 24.7 Å². The summed E-state index contributed by atoms with van der Waals surface area (Å²) in [4.78, 5) is 15.9. The second-order valence-corrected chi connectivity index (χ2v) is 8.60. The summed E-state index contributed by atoms with van der Waals surface area (Å²) >= 11 is 14.0. The van der Waals surface area contributed by atoms with Crippen LogP contribution in [0.1, 0.15) is 28.8 Å². The molecule has 0 saturated carbocycles. The maximum absolute atomic E-state index is 6.16. The Morgan fingerprint density at radius 1 is 1.11 bits per heavy atom. The Bertz CT molecular complexity index is 1160. The van der Waals surface area contributed by atoms with Gasteiger partial charge in [-0.3, -0.25) is 0 Å². The number of fused-ring (bicyclic) bond motifs is 3. The Labute approximate surface area is 175 Å². The van der Waals surface area contributed by atoms with E-state index < -0.39 is 0 Å². The number of aryl methyl sites for hydroxylation is 2. The Hall–Kier alpha value is -2.22. The zero-order chi connectivity index (χ0) is 19.1. The average molecular weight is 431 g/mol. The van der Waals surface area contributed by atoms with Crippen molar-refractivity contribution >= 4 is 50.6 Å². The van der Waals surface area contributed by atoms with Crippen LogP contribution in [-0.4, -0.2) is 24.7 Å². The van der Waals surface area contributed by atoms with Crippen molar-refractivity contribution < 1.29 is 0 Å². The van der Waals surface area contributed by atoms with E-state index in [9.17, 15) is 0 Å². The van der Waals surface area contributed by atoms with Crippen LogP contribution in [0.15, 0.2) is 30.9 Å². The fraction of sp³-hybridized carbons (Fsp3) is 0.263. The molecule has 0 fully saturated rings. The molecule has 6 nitrogen and oxygen atoms in total. The van der Waals surface area contributed by atoms with Crippen molar-refractivity contribution in [2.45, 2.75) is 32.2 Å². The van der Waals surface area contributed by atoms with Gasteiger partial charge in [-0.1, -0.05) is 29.3 Å². The molecule has 0 saturated heterocycles. The molecule has 0 bridgehead atoms. The van der Waals surface area contributed by atoms with Gasteiger partial charge in [-0.15, -0.1) is 11.3 Å². The first-order valence-electron chi connectivity index (χ1n) is 9.04. The fourth-order valence-corrected chi connectivity index (χ4v) is 5.10. The number of nitrogens with one attached hydrogen (secondary N) is 1. The van der Waals surface area contributed by atoms with E-state index in [2.05, 4.69) is 15.4 Å². The molecule has 3 heterocycles. The molecule has 3 aromatic heterocycles. The van der Waals surface area contributed by atoms with Gasteiger partial charge in [0, 0.05) is 11.4 Å². The lowest BCUT2D eigenvalue weighted by atomic mass is 9.97. The molecule has 1 aliphatic rings. The van der Waals surface area contributed by atoms with Crippen LogP contribution < -0.4 is 5.32 Å². The van der Waals surface area contributed by atoms with E-state index in [1.54, 1.807) is 22.3 Å². The molecular weight excluding hydrogens is 415 g/mol. The number of halogens is 2. The van der Waals surface area contributed by atoms with Gasteiger partial charge in [-0.2, -0.15) is 19.7 Å². The first kappa shape index (κ1) is 17.8. The second-order valence-electron chi connectivity index (χ2n) is 6.71. The quantitative estimate of drug-likeness (QED) is 0.489. The molecule has 1 aromatic carbocycles. The fourth-order valence-electron chi connectivity index (χ4n) is 3.52. The number of nitrogens with zero attached hydrogens (tertiary/aromatic N) is 5. The number of hydrogen-bond acceptors (Lipinski definition) is 6. The van der Waals surface area contributed by atoms with Crippen LogP contribution in [-0.2, 0) is 19.4 Å². The summed E-state index contributed by atoms with van der Waals surface area (Å²) in [6.07, 6.45) is 7.71. The number of anilines is 1. The third kappa shape index (κ3) is 3.23. The Morgan fingerprint density at radius 2 is 2.00 bits per heavy atom. The second kappa shape index (κ2) is 7.31. The van der Waals surface area contributed by atoms with Gasteiger partial charge in [0.1, 0.15) is 23.3 Å². The van der Waals surface area contributed by atoms with Crippen LogP contribution in [0.5, 0.6) is 0 Å². The Morgan fingerprint density at radius 3 is 2.82 bits per heavy atom. The van der Waals surface area contributed by atoms with Gasteiger partial charge < -0.3 is 5.32 Å². The van der Waals surface area contributed by atoms with E-state index in [4.69, 9.17) is 33.2 Å². The molecule has 0 spiro atoms. The van der Waals surface area contributed by atoms with Crippen molar-refractivity contribution in [2.75, 3.05) is 5.32 Å². The van der Waals surface area contributed by atoms with Crippen LogP contribution in [0.4, 0.5) is 5.82 Å². The third-order valence-corrected chi connectivity index (χ3v) is 6.80. The Kier molecular flexibility index (Phi) is 4.66. The van der Waals surface area contributed by atoms with Gasteiger partial charge >= 0.3 is 0 Å². The number of rotatable bonds is 4. The number of hydrogen-bond donors (Lipinski definition) is 1. The maximum atomic E-state index is 6.16. The lowest BCUT2D eigenvalue weighted by Crippen LogP contribution is -2.08. The molecule has 0 radical (unpaired) electrons. The van der Waals surface area contributed by atoms with Crippen molar-refractivity contribution in [2.24, 2.45) is 0 Å². The molecule has 4 aromatic rings. The van der Waals surface area contributed by atoms with Gasteiger partial charge in [-0.25, -0.2) is 4.98 Å². The van der Waals surface area contributed by atoms with Crippen molar-refractivity contribution in [3.63, 3.8) is 0 Å². The molecule has 142 valence electrons. The van der Waals surface area contributed by atoms with E-state index in [0.29, 0.717) is 22.5 Å². The van der Waals surface area contributed by atoms with Crippen molar-refractivity contribution in [3.05, 3.63) is 56.9 Å². The maximum Gasteiger partial charge on any atom is 0.255 e. The van der Waals surface area contributed by atoms with Gasteiger partial charge in [-0.05, 0) is 48.9 Å². The highest BCUT2D eigenvalue weighted by Gasteiger charge is 2.21. The van der Waals surface area contributed by atoms with Crippen molar-refractivity contribution in [3.8, 4) is 5.95 Å². The minimum atomic E-state index is 0.514. The largest absolute Gasteiger partial charge is 0.365 e. The minimum absolute atomic E-state index is 0.514. The highest BCUT2D eigenvalue weighted by molar-refractivity contribution is 7.19. The zero-order valence-electron chi connectivity index (χ0n) is 14.8. The molecule has 5 rings (SSSR count). The number of benzene rings is 1. The SMILES string of the molecule is Clc1ccc(CNc2nc(-n3cncn3)nc3sc4c(c23)CCCC4)cc1Cl. The number of aromatic nitrogens is 5. The van der Waals surface area contributed by atoms with E-state index in [1.165, 1.54) is 29.6 Å². The molecule has 9 heteroatoms. The third-order valence-electron chi connectivity index (χ3n) is 4.87. The van der Waals surface area contributed by atoms with Gasteiger partial charge in [0.15, 0.2) is 0 Å². The van der Waals surface area contributed by atoms with Gasteiger partial charge in [0.25, 0.3) is 5.95 Å². The molecule has 28 heavy (non-hydrogen) atoms. The molecule has 1 N–H and O–H groups in total. The van der Waals surface area contributed by atoms with E-state index in [0.717, 1.165) is 34.4 Å². The predicted molar refractivity (Wildman–Crippen MR) is 113 cm³/mol. The Balaban J connectivity index is 1.58. The topological polar surface area (TPSA) is 68.5 Å². The summed E-state index contributed by atoms with van der Waals surface area (Å²) < 4.78 is 1.59. The monoisotopic (exact) mass is 430 g/mol. The van der Waals surface area contributed by atoms with Crippen LogP contribution in [0.3, 0.4) is 0 Å². The highest BCUT2D eigenvalue weighted by Crippen LogP contribution is 2.39. The molecule has 0 atom stereocenters. The smallest absolute Gasteiger partial charge is 0.255 e. The summed E-state index contributed by atoms with van der Waals surface area (Å²) in [7, 11) is 0. The normalized spacial score (nSPS) is 13.6. The van der Waals surface area contributed by atoms with Gasteiger partial charge in [0.05, 0.1) is 15.4 Å². The first-order chi connectivity index (χ1) is 13.7. The predicted octanol–water partition coefficient (Wildman–Crippen LogP) is 5.07. The highest BCUT2D eigenvalue weighted by atomic mass is 35.5. The van der Waals surface area contributed by atoms with E-state index >= 15 is 0 Å². The summed E-state index contributed by atoms with van der Waals surface area (Å²) in [6, 6.07) is 5.64. The van der Waals surface area contributed by atoms with E-state index in [-0.39, 0.29) is 0 Å². The van der Waals surface area contributed by atoms with Crippen LogP contribution in [0.2, 0.25) is 10.0 Å². The summed E-state index contributed by atoms with van der Waals surface area (Å²) in [6.45, 7) is 0.588. The van der Waals surface area contributed by atoms with Gasteiger partial charge in [0.2, 0.25) is 0 Å². The summed E-state index contributed by atoms with van der Waals surface area (Å²) in [5.41, 5.74) is 2.42. The molecular formula is C19H16Cl2N6S. The minimum Gasteiger partial charge on any atom is -0.365 e. The standard InChI is InChI=1S/C19H16Cl2N6S/c20-13-6-5-11(7-14(13)21)8-23-17-16-12-3-1-2-4-15(12)28-18(16)26-19(25-17)27-10-22-9-24-27/h5-7,9-10H,1-4,8H2,(H,23,25,26). The lowest BCUT2D eigenvalue weighted by Gasteiger charge is -2.13. The van der Waals surface area contributed by atoms with Crippen LogP contribution >= 0.6 is 34.5 Å². The van der Waals surface area contributed by atoms with Crippen LogP contribution in [0, 0.1) is 0 Å². The molecule has 0 unspecified atom stereocenters. The zero-order valence-corrected chi connectivity index (χ0v) is 17.2. The number of thiophene rings is 1. The average Bonchev–Trinajstić information content (AvgIpc) is 3.36. The lowest BCUT2D eigenvalue weighted by molar-refractivity contribution is 0.700. The summed E-state index contributed by atoms with van der Waals surface area (Å²) in [5, 5.41) is 9.89. The molecule has 0 amide bonds.